The summed E-state index contributed by atoms with van der Waals surface area (Å²) in [5.74, 6) is 2.11. The van der Waals surface area contributed by atoms with Gasteiger partial charge in [0.05, 0.1) is 17.6 Å². The Morgan fingerprint density at radius 2 is 2.00 bits per heavy atom. The predicted molar refractivity (Wildman–Crippen MR) is 140 cm³/mol. The summed E-state index contributed by atoms with van der Waals surface area (Å²) in [6, 6.07) is 16.5. The zero-order valence-electron chi connectivity index (χ0n) is 20.6. The van der Waals surface area contributed by atoms with E-state index in [1.54, 1.807) is 0 Å². The quantitative estimate of drug-likeness (QED) is 0.256. The molecule has 1 aliphatic rings. The minimum absolute atomic E-state index is 0.0404. The van der Waals surface area contributed by atoms with Gasteiger partial charge in [0.1, 0.15) is 17.7 Å². The normalized spacial score (nSPS) is 15.4. The number of aromatic nitrogens is 2. The third-order valence-electron chi connectivity index (χ3n) is 6.45. The average Bonchev–Trinajstić information content (AvgIpc) is 3.53. The van der Waals surface area contributed by atoms with E-state index in [0.717, 1.165) is 75.0 Å². The number of fused-ring (bicyclic) bond motifs is 1. The molecule has 1 N–H and O–H groups in total. The molecular formula is C29H37N3O3. The summed E-state index contributed by atoms with van der Waals surface area (Å²) in [5.41, 5.74) is 3.39. The number of hydrogen-bond acceptors (Lipinski definition) is 4. The molecule has 1 fully saturated rings. The summed E-state index contributed by atoms with van der Waals surface area (Å²) in [7, 11) is 0. The van der Waals surface area contributed by atoms with E-state index in [4.69, 9.17) is 14.5 Å². The van der Waals surface area contributed by atoms with Crippen LogP contribution in [0.3, 0.4) is 0 Å². The molecule has 3 aromatic rings. The number of benzene rings is 2. The molecule has 1 amide bonds. The number of ether oxygens (including phenoxy) is 2. The van der Waals surface area contributed by atoms with Crippen LogP contribution in [0.15, 0.2) is 61.2 Å². The maximum Gasteiger partial charge on any atom is 0.249 e. The number of unbranched alkanes of at least 4 members (excludes halogenated alkanes) is 2. The second-order valence-corrected chi connectivity index (χ2v) is 9.07. The van der Waals surface area contributed by atoms with E-state index in [1.165, 1.54) is 11.1 Å². The van der Waals surface area contributed by atoms with Crippen LogP contribution in [0.5, 0.6) is 5.75 Å². The van der Waals surface area contributed by atoms with Gasteiger partial charge in [0.15, 0.2) is 0 Å². The molecule has 0 aliphatic carbocycles. The standard InChI is InChI=1S/C29H37N3O3/c1-2-12-23-13-5-8-16-26(23)34-22-11-20-32-25-15-7-6-14-24(25)31-28(32)18-4-3-9-19-30-29(33)27-17-10-21-35-27/h2,5-8,13-16,27H,1,3-4,9-12,17-22H2,(H,30,33). The molecule has 4 rings (SSSR count). The molecule has 0 spiro atoms. The third-order valence-corrected chi connectivity index (χ3v) is 6.45. The Morgan fingerprint density at radius 3 is 2.86 bits per heavy atom. The van der Waals surface area contributed by atoms with Crippen LogP contribution in [0.25, 0.3) is 11.0 Å². The summed E-state index contributed by atoms with van der Waals surface area (Å²) in [4.78, 5) is 17.0. The number of imidazole rings is 1. The minimum Gasteiger partial charge on any atom is -0.493 e. The van der Waals surface area contributed by atoms with Gasteiger partial charge in [-0.2, -0.15) is 0 Å². The van der Waals surface area contributed by atoms with Crippen LogP contribution >= 0.6 is 0 Å². The molecular weight excluding hydrogens is 438 g/mol. The van der Waals surface area contributed by atoms with Crippen molar-refractivity contribution in [3.05, 3.63) is 72.6 Å². The van der Waals surface area contributed by atoms with Crippen molar-refractivity contribution in [1.82, 2.24) is 14.9 Å². The van der Waals surface area contributed by atoms with Gasteiger partial charge in [0.25, 0.3) is 0 Å². The number of para-hydroxylation sites is 3. The van der Waals surface area contributed by atoms with Crippen molar-refractivity contribution in [1.29, 1.82) is 0 Å². The highest BCUT2D eigenvalue weighted by atomic mass is 16.5. The predicted octanol–water partition coefficient (Wildman–Crippen LogP) is 5.24. The molecule has 1 saturated heterocycles. The number of nitrogens with one attached hydrogen (secondary N) is 1. The fraction of sp³-hybridized carbons (Fsp3) is 0.448. The van der Waals surface area contributed by atoms with Gasteiger partial charge in [-0.1, -0.05) is 42.8 Å². The van der Waals surface area contributed by atoms with Crippen LogP contribution in [0, 0.1) is 0 Å². The second-order valence-electron chi connectivity index (χ2n) is 9.07. The largest absolute Gasteiger partial charge is 0.493 e. The van der Waals surface area contributed by atoms with E-state index >= 15 is 0 Å². The Bertz CT molecular complexity index is 1100. The summed E-state index contributed by atoms with van der Waals surface area (Å²) < 4.78 is 13.9. The molecule has 2 heterocycles. The maximum atomic E-state index is 12.0. The van der Waals surface area contributed by atoms with E-state index in [1.807, 2.05) is 30.3 Å². The van der Waals surface area contributed by atoms with E-state index in [9.17, 15) is 4.79 Å². The molecule has 0 radical (unpaired) electrons. The molecule has 1 aromatic heterocycles. The van der Waals surface area contributed by atoms with Crippen LogP contribution in [0.2, 0.25) is 0 Å². The topological polar surface area (TPSA) is 65.4 Å². The zero-order valence-corrected chi connectivity index (χ0v) is 20.6. The van der Waals surface area contributed by atoms with Crippen LogP contribution in [-0.4, -0.2) is 41.3 Å². The molecule has 6 heteroatoms. The van der Waals surface area contributed by atoms with Crippen molar-refractivity contribution in [2.45, 2.75) is 64.0 Å². The summed E-state index contributed by atoms with van der Waals surface area (Å²) in [5, 5.41) is 3.01. The lowest BCUT2D eigenvalue weighted by atomic mass is 10.1. The van der Waals surface area contributed by atoms with Gasteiger partial charge in [-0.05, 0) is 62.3 Å². The molecule has 35 heavy (non-hydrogen) atoms. The average molecular weight is 476 g/mol. The fourth-order valence-electron chi connectivity index (χ4n) is 4.63. The molecule has 1 aliphatic heterocycles. The van der Waals surface area contributed by atoms with Gasteiger partial charge < -0.3 is 19.4 Å². The lowest BCUT2D eigenvalue weighted by Crippen LogP contribution is -2.34. The first-order valence-electron chi connectivity index (χ1n) is 12.9. The van der Waals surface area contributed by atoms with Crippen LogP contribution in [-0.2, 0) is 28.9 Å². The number of carbonyl (C=O) groups excluding carboxylic acids is 1. The van der Waals surface area contributed by atoms with E-state index in [0.29, 0.717) is 19.8 Å². The van der Waals surface area contributed by atoms with Gasteiger partial charge in [-0.25, -0.2) is 4.98 Å². The van der Waals surface area contributed by atoms with E-state index < -0.39 is 0 Å². The summed E-state index contributed by atoms with van der Waals surface area (Å²) in [6.07, 6.45) is 9.20. The summed E-state index contributed by atoms with van der Waals surface area (Å²) in [6.45, 7) is 6.78. The zero-order chi connectivity index (χ0) is 24.3. The Kier molecular flexibility index (Phi) is 9.35. The highest BCUT2D eigenvalue weighted by Crippen LogP contribution is 2.21. The van der Waals surface area contributed by atoms with Crippen molar-refractivity contribution in [3.63, 3.8) is 0 Å². The lowest BCUT2D eigenvalue weighted by molar-refractivity contribution is -0.130. The lowest BCUT2D eigenvalue weighted by Gasteiger charge is -2.12. The number of amides is 1. The smallest absolute Gasteiger partial charge is 0.249 e. The molecule has 186 valence electrons. The van der Waals surface area contributed by atoms with Crippen molar-refractivity contribution < 1.29 is 14.3 Å². The Morgan fingerprint density at radius 1 is 1.14 bits per heavy atom. The number of hydrogen-bond donors (Lipinski definition) is 1. The third kappa shape index (κ3) is 6.95. The highest BCUT2D eigenvalue weighted by Gasteiger charge is 2.22. The minimum atomic E-state index is -0.241. The molecule has 0 saturated carbocycles. The van der Waals surface area contributed by atoms with Crippen LogP contribution < -0.4 is 10.1 Å². The number of rotatable bonds is 14. The van der Waals surface area contributed by atoms with Crippen LogP contribution in [0.1, 0.15) is 49.9 Å². The van der Waals surface area contributed by atoms with Crippen molar-refractivity contribution in [2.75, 3.05) is 19.8 Å². The first-order valence-corrected chi connectivity index (χ1v) is 12.9. The molecule has 6 nitrogen and oxygen atoms in total. The molecule has 1 unspecified atom stereocenters. The molecule has 1 atom stereocenters. The number of carbonyl (C=O) groups is 1. The van der Waals surface area contributed by atoms with Gasteiger partial charge in [0.2, 0.25) is 5.91 Å². The number of nitrogens with zero attached hydrogens (tertiary/aromatic N) is 2. The first-order chi connectivity index (χ1) is 17.3. The number of allylic oxidation sites excluding steroid dienone is 1. The van der Waals surface area contributed by atoms with Gasteiger partial charge in [-0.15, -0.1) is 6.58 Å². The number of aryl methyl sites for hydroxylation is 2. The second kappa shape index (κ2) is 13.1. The summed E-state index contributed by atoms with van der Waals surface area (Å²) >= 11 is 0. The first kappa shape index (κ1) is 25.0. The van der Waals surface area contributed by atoms with Gasteiger partial charge in [0, 0.05) is 26.1 Å². The molecule has 0 bridgehead atoms. The van der Waals surface area contributed by atoms with E-state index in [2.05, 4.69) is 40.7 Å². The van der Waals surface area contributed by atoms with Crippen molar-refractivity contribution in [3.8, 4) is 5.75 Å². The Labute approximate surface area is 208 Å². The highest BCUT2D eigenvalue weighted by molar-refractivity contribution is 5.80. The van der Waals surface area contributed by atoms with E-state index in [-0.39, 0.29) is 12.0 Å². The van der Waals surface area contributed by atoms with Gasteiger partial charge in [-0.3, -0.25) is 4.79 Å². The van der Waals surface area contributed by atoms with Crippen molar-refractivity contribution >= 4 is 16.9 Å². The SMILES string of the molecule is C=CCc1ccccc1OCCCn1c(CCCCCNC(=O)C2CCCO2)nc2ccccc21. The molecule has 2 aromatic carbocycles. The van der Waals surface area contributed by atoms with Crippen molar-refractivity contribution in [2.24, 2.45) is 0 Å². The Balaban J connectivity index is 1.25. The maximum absolute atomic E-state index is 12.0. The Hall–Kier alpha value is -3.12. The monoisotopic (exact) mass is 475 g/mol. The van der Waals surface area contributed by atoms with Crippen LogP contribution in [0.4, 0.5) is 0 Å². The fourth-order valence-corrected chi connectivity index (χ4v) is 4.63. The van der Waals surface area contributed by atoms with Gasteiger partial charge >= 0.3 is 0 Å².